The van der Waals surface area contributed by atoms with Gasteiger partial charge in [-0.1, -0.05) is 0 Å². The zero-order chi connectivity index (χ0) is 14.9. The minimum absolute atomic E-state index is 0.0676. The molecule has 0 saturated carbocycles. The first-order chi connectivity index (χ1) is 9.29. The zero-order valence-corrected chi connectivity index (χ0v) is 13.0. The Balaban J connectivity index is 2.44. The number of nitrogens with one attached hydrogen (secondary N) is 1. The Labute approximate surface area is 127 Å². The van der Waals surface area contributed by atoms with E-state index in [1.807, 2.05) is 0 Å². The molecule has 0 fully saturated rings. The highest BCUT2D eigenvalue weighted by molar-refractivity contribution is 9.11. The normalized spacial score (nSPS) is 11.2. The number of thiophene rings is 1. The van der Waals surface area contributed by atoms with Crippen LogP contribution in [0.1, 0.15) is 10.4 Å². The predicted octanol–water partition coefficient (Wildman–Crippen LogP) is 2.59. The summed E-state index contributed by atoms with van der Waals surface area (Å²) in [6.45, 7) is 0. The van der Waals surface area contributed by atoms with Crippen molar-refractivity contribution in [3.63, 3.8) is 0 Å². The van der Waals surface area contributed by atoms with Crippen molar-refractivity contribution in [3.05, 3.63) is 39.7 Å². The molecule has 0 radical (unpaired) electrons. The van der Waals surface area contributed by atoms with Crippen molar-refractivity contribution < 1.29 is 18.3 Å². The molecule has 0 aliphatic carbocycles. The molecule has 0 amide bonds. The van der Waals surface area contributed by atoms with Crippen LogP contribution in [0, 0.1) is 0 Å². The van der Waals surface area contributed by atoms with Gasteiger partial charge in [-0.05, 0) is 46.3 Å². The average Bonchev–Trinajstić information content (AvgIpc) is 2.75. The SMILES string of the molecule is Nc1ccc(C(=O)O)c(NS(=O)(=O)c2ccc(Br)s2)c1. The van der Waals surface area contributed by atoms with Crippen molar-refractivity contribution in [1.82, 2.24) is 0 Å². The maximum atomic E-state index is 12.1. The van der Waals surface area contributed by atoms with E-state index in [4.69, 9.17) is 10.8 Å². The molecular weight excluding hydrogens is 368 g/mol. The van der Waals surface area contributed by atoms with Gasteiger partial charge in [-0.25, -0.2) is 13.2 Å². The van der Waals surface area contributed by atoms with E-state index >= 15 is 0 Å². The zero-order valence-electron chi connectivity index (χ0n) is 9.83. The summed E-state index contributed by atoms with van der Waals surface area (Å²) in [5.41, 5.74) is 5.58. The standard InChI is InChI=1S/C11H9BrN2O4S2/c12-9-3-4-10(19-9)20(17,18)14-8-5-6(13)1-2-7(8)11(15)16/h1-5,14H,13H2,(H,15,16). The molecule has 106 valence electrons. The smallest absolute Gasteiger partial charge is 0.337 e. The molecule has 1 aromatic heterocycles. The van der Waals surface area contributed by atoms with Gasteiger partial charge in [0.25, 0.3) is 10.0 Å². The third kappa shape index (κ3) is 3.11. The molecule has 2 aromatic rings. The lowest BCUT2D eigenvalue weighted by molar-refractivity contribution is 0.0698. The highest BCUT2D eigenvalue weighted by Crippen LogP contribution is 2.29. The number of nitrogen functional groups attached to an aromatic ring is 1. The molecule has 4 N–H and O–H groups in total. The fourth-order valence-electron chi connectivity index (χ4n) is 1.47. The summed E-state index contributed by atoms with van der Waals surface area (Å²) in [5.74, 6) is -1.24. The molecule has 20 heavy (non-hydrogen) atoms. The molecule has 0 bridgehead atoms. The highest BCUT2D eigenvalue weighted by atomic mass is 79.9. The number of benzene rings is 1. The summed E-state index contributed by atoms with van der Waals surface area (Å²) < 4.78 is 27.3. The van der Waals surface area contributed by atoms with Crippen molar-refractivity contribution in [1.29, 1.82) is 0 Å². The van der Waals surface area contributed by atoms with Crippen LogP contribution in [0.3, 0.4) is 0 Å². The fourth-order valence-corrected chi connectivity index (χ4v) is 4.55. The topological polar surface area (TPSA) is 109 Å². The van der Waals surface area contributed by atoms with E-state index in [1.165, 1.54) is 24.3 Å². The van der Waals surface area contributed by atoms with Crippen LogP contribution in [0.4, 0.5) is 11.4 Å². The summed E-state index contributed by atoms with van der Waals surface area (Å²) in [4.78, 5) is 11.1. The van der Waals surface area contributed by atoms with Crippen molar-refractivity contribution in [2.75, 3.05) is 10.5 Å². The van der Waals surface area contributed by atoms with Gasteiger partial charge in [0, 0.05) is 5.69 Å². The minimum Gasteiger partial charge on any atom is -0.478 e. The van der Waals surface area contributed by atoms with Crippen LogP contribution in [-0.2, 0) is 10.0 Å². The quantitative estimate of drug-likeness (QED) is 0.710. The van der Waals surface area contributed by atoms with Gasteiger partial charge in [-0.15, -0.1) is 11.3 Å². The molecule has 0 aliphatic heterocycles. The summed E-state index contributed by atoms with van der Waals surface area (Å²) in [6, 6.07) is 6.92. The first-order valence-corrected chi connectivity index (χ1v) is 8.30. The summed E-state index contributed by atoms with van der Waals surface area (Å²) in [5, 5.41) is 9.05. The molecular formula is C11H9BrN2O4S2. The van der Waals surface area contributed by atoms with Crippen LogP contribution in [0.5, 0.6) is 0 Å². The molecule has 0 aliphatic rings. The number of carboxylic acids is 1. The lowest BCUT2D eigenvalue weighted by atomic mass is 10.1. The first kappa shape index (κ1) is 14.8. The first-order valence-electron chi connectivity index (χ1n) is 5.20. The number of sulfonamides is 1. The summed E-state index contributed by atoms with van der Waals surface area (Å²) >= 11 is 4.19. The Morgan fingerprint density at radius 3 is 2.55 bits per heavy atom. The predicted molar refractivity (Wildman–Crippen MR) is 80.6 cm³/mol. The van der Waals surface area contributed by atoms with Crippen LogP contribution in [0.2, 0.25) is 0 Å². The Bertz CT molecular complexity index is 770. The van der Waals surface area contributed by atoms with E-state index in [1.54, 1.807) is 6.07 Å². The van der Waals surface area contributed by atoms with Gasteiger partial charge in [0.1, 0.15) is 4.21 Å². The number of rotatable bonds is 4. The van der Waals surface area contributed by atoms with E-state index < -0.39 is 16.0 Å². The fraction of sp³-hybridized carbons (Fsp3) is 0. The van der Waals surface area contributed by atoms with Crippen LogP contribution >= 0.6 is 27.3 Å². The third-order valence-electron chi connectivity index (χ3n) is 2.33. The molecule has 9 heteroatoms. The number of aromatic carboxylic acids is 1. The molecule has 0 spiro atoms. The second kappa shape index (κ2) is 5.43. The molecule has 2 rings (SSSR count). The van der Waals surface area contributed by atoms with Gasteiger partial charge >= 0.3 is 5.97 Å². The number of carboxylic acid groups (broad SMARTS) is 1. The second-order valence-electron chi connectivity index (χ2n) is 3.77. The third-order valence-corrected chi connectivity index (χ3v) is 5.81. The lowest BCUT2D eigenvalue weighted by Crippen LogP contribution is -2.14. The number of carbonyl (C=O) groups is 1. The van der Waals surface area contributed by atoms with Gasteiger partial charge in [0.05, 0.1) is 15.0 Å². The lowest BCUT2D eigenvalue weighted by Gasteiger charge is -2.10. The van der Waals surface area contributed by atoms with Crippen molar-refractivity contribution in [2.45, 2.75) is 4.21 Å². The van der Waals surface area contributed by atoms with Gasteiger partial charge in [0.15, 0.2) is 0 Å². The van der Waals surface area contributed by atoms with Crippen LogP contribution in [0.15, 0.2) is 38.3 Å². The molecule has 1 aromatic carbocycles. The summed E-state index contributed by atoms with van der Waals surface area (Å²) in [6.07, 6.45) is 0. The van der Waals surface area contributed by atoms with Crippen LogP contribution < -0.4 is 10.5 Å². The molecule has 0 saturated heterocycles. The highest BCUT2D eigenvalue weighted by Gasteiger charge is 2.20. The van der Waals surface area contributed by atoms with E-state index in [2.05, 4.69) is 20.7 Å². The maximum absolute atomic E-state index is 12.1. The molecule has 0 unspecified atom stereocenters. The largest absolute Gasteiger partial charge is 0.478 e. The minimum atomic E-state index is -3.85. The van der Waals surface area contributed by atoms with Gasteiger partial charge < -0.3 is 10.8 Å². The van der Waals surface area contributed by atoms with E-state index in [9.17, 15) is 13.2 Å². The van der Waals surface area contributed by atoms with Crippen LogP contribution in [0.25, 0.3) is 0 Å². The Morgan fingerprint density at radius 1 is 1.30 bits per heavy atom. The van der Waals surface area contributed by atoms with E-state index in [-0.39, 0.29) is 21.1 Å². The van der Waals surface area contributed by atoms with Gasteiger partial charge in [-0.3, -0.25) is 4.72 Å². The van der Waals surface area contributed by atoms with E-state index in [0.29, 0.717) is 3.79 Å². The number of halogens is 1. The van der Waals surface area contributed by atoms with Gasteiger partial charge in [0.2, 0.25) is 0 Å². The monoisotopic (exact) mass is 376 g/mol. The number of hydrogen-bond acceptors (Lipinski definition) is 5. The number of hydrogen-bond donors (Lipinski definition) is 3. The van der Waals surface area contributed by atoms with Gasteiger partial charge in [-0.2, -0.15) is 0 Å². The summed E-state index contributed by atoms with van der Waals surface area (Å²) in [7, 11) is -3.85. The second-order valence-corrected chi connectivity index (χ2v) is 8.15. The van der Waals surface area contributed by atoms with Crippen molar-refractivity contribution in [3.8, 4) is 0 Å². The average molecular weight is 377 g/mol. The maximum Gasteiger partial charge on any atom is 0.337 e. The molecule has 0 atom stereocenters. The Morgan fingerprint density at radius 2 is 2.00 bits per heavy atom. The molecule has 1 heterocycles. The van der Waals surface area contributed by atoms with Crippen molar-refractivity contribution in [2.24, 2.45) is 0 Å². The Hall–Kier alpha value is -1.58. The van der Waals surface area contributed by atoms with Crippen LogP contribution in [-0.4, -0.2) is 19.5 Å². The van der Waals surface area contributed by atoms with Crippen molar-refractivity contribution >= 4 is 54.6 Å². The number of anilines is 2. The van der Waals surface area contributed by atoms with E-state index in [0.717, 1.165) is 11.3 Å². The molecule has 6 nitrogen and oxygen atoms in total. The number of nitrogens with two attached hydrogens (primary N) is 1. The Kier molecular flexibility index (Phi) is 4.02.